The first-order valence-corrected chi connectivity index (χ1v) is 22.8. The molecule has 400 valence electrons. The molecule has 0 bridgehead atoms. The number of aliphatic hydroxyl groups excluding tert-OH is 4. The summed E-state index contributed by atoms with van der Waals surface area (Å²) >= 11 is 0. The van der Waals surface area contributed by atoms with E-state index in [0.717, 1.165) is 46.0 Å². The van der Waals surface area contributed by atoms with Gasteiger partial charge in [-0.3, -0.25) is 33.6 Å². The summed E-state index contributed by atoms with van der Waals surface area (Å²) in [5, 5.41) is 119. The van der Waals surface area contributed by atoms with Gasteiger partial charge in [0, 0.05) is 12.8 Å². The van der Waals surface area contributed by atoms with Gasteiger partial charge < -0.3 is 88.7 Å². The van der Waals surface area contributed by atoms with E-state index in [9.17, 15) is 84.2 Å². The number of carbonyl (C=O) groups is 9. The highest BCUT2D eigenvalue weighted by Crippen LogP contribution is 2.13. The Morgan fingerprint density at radius 3 is 1.53 bits per heavy atom. The molecule has 0 aromatic rings. The number of hydroxylamine groups is 2. The SMILES string of the molecule is CCCCCCCCCCC[C@@H](O)CC(=O)NCC(=O)N[C@H](C(=O)N[C@@H](CO)C(=O)N[C@H](C(=O)N[C@H](CCC[N+]([O-])=NO)C(=O)N[C@H](C)C(=O)N[C@H](CCC[N+]([O-])=NO)C(=O)O)[C@H](C)O)[C@H](O)C(=O)O. The zero-order valence-electron chi connectivity index (χ0n) is 39.5. The number of aliphatic hydroxyl groups is 4. The first kappa shape index (κ1) is 63.5. The molecule has 7 amide bonds. The normalized spacial score (nSPS) is 15.5. The smallest absolute Gasteiger partial charge is 0.335 e. The van der Waals surface area contributed by atoms with Crippen LogP contribution in [0.5, 0.6) is 0 Å². The molecule has 0 radical (unpaired) electrons. The Kier molecular flexibility index (Phi) is 32.2. The lowest BCUT2D eigenvalue weighted by Gasteiger charge is -2.28. The minimum Gasteiger partial charge on any atom is -0.597 e. The van der Waals surface area contributed by atoms with Gasteiger partial charge in [0.15, 0.2) is 29.7 Å². The van der Waals surface area contributed by atoms with Crippen LogP contribution in [0.1, 0.15) is 117 Å². The number of nitrogens with zero attached hydrogens (tertiary/aromatic N) is 4. The van der Waals surface area contributed by atoms with E-state index in [4.69, 9.17) is 10.4 Å². The van der Waals surface area contributed by atoms with Crippen LogP contribution in [0.25, 0.3) is 0 Å². The number of carboxylic acid groups (broad SMARTS) is 2. The van der Waals surface area contributed by atoms with E-state index in [0.29, 0.717) is 12.8 Å². The van der Waals surface area contributed by atoms with Crippen molar-refractivity contribution in [2.75, 3.05) is 26.2 Å². The van der Waals surface area contributed by atoms with Crippen molar-refractivity contribution in [3.63, 3.8) is 0 Å². The van der Waals surface area contributed by atoms with Crippen LogP contribution in [0.3, 0.4) is 0 Å². The molecular weight excluding hydrogens is 938 g/mol. The molecule has 9 atom stereocenters. The van der Waals surface area contributed by atoms with Gasteiger partial charge in [-0.15, -0.1) is 0 Å². The molecule has 0 saturated heterocycles. The number of amides is 7. The Balaban J connectivity index is 5.77. The number of rotatable bonds is 38. The first-order valence-electron chi connectivity index (χ1n) is 22.8. The molecule has 0 unspecified atom stereocenters. The van der Waals surface area contributed by atoms with Crippen molar-refractivity contribution in [3.05, 3.63) is 10.4 Å². The van der Waals surface area contributed by atoms with Gasteiger partial charge >= 0.3 is 11.9 Å². The molecule has 0 rings (SSSR count). The number of unbranched alkanes of at least 4 members (excludes halogenated alkanes) is 8. The Labute approximate surface area is 402 Å². The van der Waals surface area contributed by atoms with Gasteiger partial charge in [-0.25, -0.2) is 9.59 Å². The average molecular weight is 1010 g/mol. The molecule has 30 nitrogen and oxygen atoms in total. The van der Waals surface area contributed by atoms with Crippen molar-refractivity contribution in [2.24, 2.45) is 10.6 Å². The van der Waals surface area contributed by atoms with Crippen LogP contribution in [0, 0.1) is 10.4 Å². The maximum absolute atomic E-state index is 13.5. The van der Waals surface area contributed by atoms with Gasteiger partial charge in [-0.05, 0) is 33.1 Å². The maximum Gasteiger partial charge on any atom is 0.335 e. The zero-order chi connectivity index (χ0) is 53.3. The largest absolute Gasteiger partial charge is 0.597 e. The topological polar surface area (TPSA) is 477 Å². The summed E-state index contributed by atoms with van der Waals surface area (Å²) in [5.74, 6) is -12.0. The molecule has 70 heavy (non-hydrogen) atoms. The highest BCUT2D eigenvalue weighted by Gasteiger charge is 2.38. The predicted molar refractivity (Wildman–Crippen MR) is 237 cm³/mol. The molecule has 0 saturated carbocycles. The molecule has 0 aliphatic rings. The van der Waals surface area contributed by atoms with E-state index in [-0.39, 0.29) is 35.4 Å². The van der Waals surface area contributed by atoms with Gasteiger partial charge in [0.25, 0.3) is 0 Å². The fourth-order valence-corrected chi connectivity index (χ4v) is 6.44. The Bertz CT molecular complexity index is 1760. The summed E-state index contributed by atoms with van der Waals surface area (Å²) in [6, 6.07) is -11.2. The Morgan fingerprint density at radius 2 is 1.03 bits per heavy atom. The minimum absolute atomic E-state index is 0.134. The summed E-state index contributed by atoms with van der Waals surface area (Å²) in [4.78, 5) is 114. The molecule has 0 spiro atoms. The second kappa shape index (κ2) is 35.6. The molecule has 15 N–H and O–H groups in total. The molecule has 0 aliphatic carbocycles. The first-order chi connectivity index (χ1) is 33.0. The number of hydrogen-bond donors (Lipinski definition) is 15. The third-order valence-electron chi connectivity index (χ3n) is 10.4. The minimum atomic E-state index is -2.66. The Morgan fingerprint density at radius 1 is 0.543 bits per heavy atom. The number of carboxylic acids is 2. The van der Waals surface area contributed by atoms with Gasteiger partial charge in [0.2, 0.25) is 41.4 Å². The second-order valence-electron chi connectivity index (χ2n) is 16.4. The maximum atomic E-state index is 13.5. The quantitative estimate of drug-likeness (QED) is 0.0126. The fraction of sp³-hybridized carbons (Fsp3) is 0.775. The summed E-state index contributed by atoms with van der Waals surface area (Å²) in [6.07, 6.45) is 2.75. The number of hydrogen-bond acceptors (Lipinski definition) is 17. The standard InChI is InChI=1S/C40H71N11O19/c1-4-5-6-7-8-9-10-11-12-15-25(54)20-29(55)41-21-30(56)46-32(33(57)40(65)66)38(62)45-28(22-52)36(60)47-31(24(3)53)37(61)43-26(16-13-18-50(69)48-67)35(59)42-23(2)34(58)44-27(39(63)64)17-14-19-51(70)49-68/h23-28,31-33,52-54,57,67-68H,4-22H2,1-3H3,(H,41,55)(H,42,59)(H,43,61)(H,44,58)(H,45,62)(H,46,56)(H,47,60)(H,63,64)(H,65,66)/t23-,24+,25-,26-,27-,28+,31+,32+,33+/m1/s1. The highest BCUT2D eigenvalue weighted by atomic mass is 16.6. The van der Waals surface area contributed by atoms with Crippen LogP contribution in [-0.4, -0.2) is 185 Å². The zero-order valence-corrected chi connectivity index (χ0v) is 39.5. The molecule has 0 fully saturated rings. The molecule has 0 heterocycles. The molecule has 0 aromatic heterocycles. The molecule has 0 aromatic carbocycles. The van der Waals surface area contributed by atoms with Crippen molar-refractivity contribution in [1.29, 1.82) is 0 Å². The highest BCUT2D eigenvalue weighted by molar-refractivity contribution is 5.98. The van der Waals surface area contributed by atoms with Crippen LogP contribution in [-0.2, 0) is 43.2 Å². The van der Waals surface area contributed by atoms with Crippen molar-refractivity contribution >= 4 is 53.3 Å². The van der Waals surface area contributed by atoms with Crippen molar-refractivity contribution < 1.29 is 93.9 Å². The van der Waals surface area contributed by atoms with E-state index >= 15 is 0 Å². The lowest BCUT2D eigenvalue weighted by Crippen LogP contribution is -2.63. The van der Waals surface area contributed by atoms with Crippen LogP contribution in [0.15, 0.2) is 10.6 Å². The van der Waals surface area contributed by atoms with E-state index < -0.39 is 141 Å². The van der Waals surface area contributed by atoms with Gasteiger partial charge in [-0.2, -0.15) is 0 Å². The van der Waals surface area contributed by atoms with Crippen molar-refractivity contribution in [2.45, 2.75) is 172 Å². The fourth-order valence-electron chi connectivity index (χ4n) is 6.44. The third-order valence-corrected chi connectivity index (χ3v) is 10.4. The molecular formula is C40H71N11O19. The predicted octanol–water partition coefficient (Wildman–Crippen LogP) is -3.13. The van der Waals surface area contributed by atoms with Crippen LogP contribution in [0.2, 0.25) is 0 Å². The average Bonchev–Trinajstić information content (AvgIpc) is 3.31. The summed E-state index contributed by atoms with van der Waals surface area (Å²) < 4.78 is 0. The van der Waals surface area contributed by atoms with Crippen LogP contribution < -0.4 is 37.2 Å². The van der Waals surface area contributed by atoms with Crippen molar-refractivity contribution in [1.82, 2.24) is 37.2 Å². The van der Waals surface area contributed by atoms with Gasteiger partial charge in [-0.1, -0.05) is 74.4 Å². The number of aliphatic carboxylic acids is 2. The number of carbonyl (C=O) groups excluding carboxylic acids is 7. The van der Waals surface area contributed by atoms with E-state index in [2.05, 4.69) is 38.7 Å². The third kappa shape index (κ3) is 26.9. The van der Waals surface area contributed by atoms with Gasteiger partial charge in [0.1, 0.15) is 36.3 Å². The van der Waals surface area contributed by atoms with Crippen LogP contribution >= 0.6 is 0 Å². The van der Waals surface area contributed by atoms with Gasteiger partial charge in [0.05, 0.1) is 31.8 Å². The van der Waals surface area contributed by atoms with E-state index in [1.54, 1.807) is 0 Å². The lowest BCUT2D eigenvalue weighted by molar-refractivity contribution is -0.556. The number of nitrogens with one attached hydrogen (secondary N) is 7. The summed E-state index contributed by atoms with van der Waals surface area (Å²) in [6.45, 7) is 1.18. The van der Waals surface area contributed by atoms with E-state index in [1.165, 1.54) is 19.3 Å². The lowest BCUT2D eigenvalue weighted by atomic mass is 10.0. The monoisotopic (exact) mass is 1010 g/mol. The molecule has 0 aliphatic heterocycles. The second-order valence-corrected chi connectivity index (χ2v) is 16.4. The molecule has 30 heteroatoms. The summed E-state index contributed by atoms with van der Waals surface area (Å²) in [5.41, 5.74) is 0. The van der Waals surface area contributed by atoms with E-state index in [1.807, 2.05) is 16.0 Å². The summed E-state index contributed by atoms with van der Waals surface area (Å²) in [7, 11) is 0. The van der Waals surface area contributed by atoms with Crippen molar-refractivity contribution in [3.8, 4) is 0 Å². The van der Waals surface area contributed by atoms with Crippen LogP contribution in [0.4, 0.5) is 0 Å². The Hall–Kier alpha value is -6.53.